The number of aromatic nitrogens is 2. The van der Waals surface area contributed by atoms with Crippen molar-refractivity contribution in [3.05, 3.63) is 47.6 Å². The summed E-state index contributed by atoms with van der Waals surface area (Å²) in [5.41, 5.74) is 1.38. The highest BCUT2D eigenvalue weighted by Gasteiger charge is 2.26. The van der Waals surface area contributed by atoms with E-state index in [0.29, 0.717) is 11.9 Å². The maximum Gasteiger partial charge on any atom is 0.223 e. The van der Waals surface area contributed by atoms with Crippen molar-refractivity contribution in [2.45, 2.75) is 32.4 Å². The Hall–Kier alpha value is -1.68. The summed E-state index contributed by atoms with van der Waals surface area (Å²) in [6.45, 7) is 3.71. The molecule has 1 fully saturated rings. The monoisotopic (exact) mass is 243 g/mol. The van der Waals surface area contributed by atoms with Gasteiger partial charge >= 0.3 is 0 Å². The van der Waals surface area contributed by atoms with Gasteiger partial charge in [0.1, 0.15) is 0 Å². The SMILES string of the molecule is Cc1nc(CN2CCCC2c2ccccc2)no1. The summed E-state index contributed by atoms with van der Waals surface area (Å²) in [6.07, 6.45) is 2.44. The highest BCUT2D eigenvalue weighted by molar-refractivity contribution is 5.20. The minimum Gasteiger partial charge on any atom is -0.340 e. The van der Waals surface area contributed by atoms with Gasteiger partial charge in [0.05, 0.1) is 6.54 Å². The Kier molecular flexibility index (Phi) is 3.11. The van der Waals surface area contributed by atoms with Crippen LogP contribution in [0, 0.1) is 6.92 Å². The number of hydrogen-bond donors (Lipinski definition) is 0. The van der Waals surface area contributed by atoms with Crippen molar-refractivity contribution in [1.82, 2.24) is 15.0 Å². The quantitative estimate of drug-likeness (QED) is 0.831. The summed E-state index contributed by atoms with van der Waals surface area (Å²) in [6, 6.07) is 11.2. The molecule has 1 atom stereocenters. The number of aryl methyl sites for hydroxylation is 1. The van der Waals surface area contributed by atoms with Gasteiger partial charge < -0.3 is 4.52 Å². The summed E-state index contributed by atoms with van der Waals surface area (Å²) in [5.74, 6) is 1.43. The molecule has 18 heavy (non-hydrogen) atoms. The number of benzene rings is 1. The molecule has 1 aliphatic rings. The van der Waals surface area contributed by atoms with Crippen molar-refractivity contribution in [2.75, 3.05) is 6.54 Å². The predicted octanol–water partition coefficient (Wildman–Crippen LogP) is 2.72. The van der Waals surface area contributed by atoms with Gasteiger partial charge in [0.2, 0.25) is 5.89 Å². The smallest absolute Gasteiger partial charge is 0.223 e. The van der Waals surface area contributed by atoms with E-state index in [1.54, 1.807) is 0 Å². The van der Waals surface area contributed by atoms with Gasteiger partial charge in [0.15, 0.2) is 5.82 Å². The van der Waals surface area contributed by atoms with Crippen LogP contribution in [-0.4, -0.2) is 21.6 Å². The van der Waals surface area contributed by atoms with E-state index < -0.39 is 0 Å². The second kappa shape index (κ2) is 4.90. The van der Waals surface area contributed by atoms with E-state index in [4.69, 9.17) is 4.52 Å². The second-order valence-corrected chi connectivity index (χ2v) is 4.77. The molecule has 1 aromatic heterocycles. The third kappa shape index (κ3) is 2.29. The third-order valence-corrected chi connectivity index (χ3v) is 3.46. The molecule has 0 saturated carbocycles. The van der Waals surface area contributed by atoms with Crippen molar-refractivity contribution in [3.63, 3.8) is 0 Å². The minimum atomic E-state index is 0.491. The molecule has 0 N–H and O–H groups in total. The Morgan fingerprint density at radius 3 is 2.89 bits per heavy atom. The standard InChI is InChI=1S/C14H17N3O/c1-11-15-14(16-18-11)10-17-9-5-8-13(17)12-6-3-2-4-7-12/h2-4,6-7,13H,5,8-10H2,1H3. The molecule has 94 valence electrons. The summed E-state index contributed by atoms with van der Waals surface area (Å²) < 4.78 is 5.03. The molecule has 4 heteroatoms. The number of nitrogens with zero attached hydrogens (tertiary/aromatic N) is 3. The Bertz CT molecular complexity index is 509. The average Bonchev–Trinajstić information content (AvgIpc) is 3.00. The van der Waals surface area contributed by atoms with Gasteiger partial charge in [-0.25, -0.2) is 0 Å². The topological polar surface area (TPSA) is 42.2 Å². The lowest BCUT2D eigenvalue weighted by atomic mass is 10.0. The Morgan fingerprint density at radius 1 is 1.33 bits per heavy atom. The first kappa shape index (κ1) is 11.4. The number of likely N-dealkylation sites (tertiary alicyclic amines) is 1. The Balaban J connectivity index is 1.75. The number of rotatable bonds is 3. The summed E-state index contributed by atoms with van der Waals surface area (Å²) in [5, 5.41) is 3.98. The van der Waals surface area contributed by atoms with Gasteiger partial charge in [-0.05, 0) is 24.9 Å². The highest BCUT2D eigenvalue weighted by Crippen LogP contribution is 2.32. The molecule has 0 spiro atoms. The van der Waals surface area contributed by atoms with E-state index in [9.17, 15) is 0 Å². The van der Waals surface area contributed by atoms with Crippen molar-refractivity contribution < 1.29 is 4.52 Å². The summed E-state index contributed by atoms with van der Waals surface area (Å²) >= 11 is 0. The Morgan fingerprint density at radius 2 is 2.17 bits per heavy atom. The molecule has 3 rings (SSSR count). The zero-order valence-electron chi connectivity index (χ0n) is 10.5. The fourth-order valence-corrected chi connectivity index (χ4v) is 2.66. The van der Waals surface area contributed by atoms with Crippen LogP contribution < -0.4 is 0 Å². The van der Waals surface area contributed by atoms with Crippen molar-refractivity contribution in [3.8, 4) is 0 Å². The van der Waals surface area contributed by atoms with Crippen LogP contribution in [0.1, 0.15) is 36.2 Å². The summed E-state index contributed by atoms with van der Waals surface area (Å²) in [7, 11) is 0. The largest absolute Gasteiger partial charge is 0.340 e. The molecule has 2 heterocycles. The van der Waals surface area contributed by atoms with E-state index in [1.165, 1.54) is 18.4 Å². The molecule has 0 radical (unpaired) electrons. The van der Waals surface area contributed by atoms with E-state index in [2.05, 4.69) is 45.4 Å². The maximum atomic E-state index is 5.03. The van der Waals surface area contributed by atoms with Gasteiger partial charge in [-0.2, -0.15) is 4.98 Å². The molecular formula is C14H17N3O. The molecule has 2 aromatic rings. The van der Waals surface area contributed by atoms with Crippen LogP contribution in [0.4, 0.5) is 0 Å². The van der Waals surface area contributed by atoms with Crippen LogP contribution in [0.15, 0.2) is 34.9 Å². The van der Waals surface area contributed by atoms with Crippen LogP contribution in [-0.2, 0) is 6.54 Å². The van der Waals surface area contributed by atoms with Crippen LogP contribution in [0.2, 0.25) is 0 Å². The highest BCUT2D eigenvalue weighted by atomic mass is 16.5. The normalized spacial score (nSPS) is 20.4. The first-order valence-corrected chi connectivity index (χ1v) is 6.41. The van der Waals surface area contributed by atoms with Crippen LogP contribution in [0.3, 0.4) is 0 Å². The van der Waals surface area contributed by atoms with E-state index in [-0.39, 0.29) is 0 Å². The zero-order valence-corrected chi connectivity index (χ0v) is 10.5. The van der Waals surface area contributed by atoms with E-state index >= 15 is 0 Å². The van der Waals surface area contributed by atoms with Gasteiger partial charge in [-0.3, -0.25) is 4.90 Å². The fraction of sp³-hybridized carbons (Fsp3) is 0.429. The first-order chi connectivity index (χ1) is 8.83. The maximum absolute atomic E-state index is 5.03. The fourth-order valence-electron chi connectivity index (χ4n) is 2.66. The molecule has 0 bridgehead atoms. The molecular weight excluding hydrogens is 226 g/mol. The van der Waals surface area contributed by atoms with Gasteiger partial charge in [0.25, 0.3) is 0 Å². The first-order valence-electron chi connectivity index (χ1n) is 6.41. The van der Waals surface area contributed by atoms with Gasteiger partial charge in [-0.15, -0.1) is 0 Å². The molecule has 1 aromatic carbocycles. The zero-order chi connectivity index (χ0) is 12.4. The van der Waals surface area contributed by atoms with Crippen LogP contribution in [0.5, 0.6) is 0 Å². The van der Waals surface area contributed by atoms with Crippen molar-refractivity contribution in [2.24, 2.45) is 0 Å². The van der Waals surface area contributed by atoms with Crippen molar-refractivity contribution in [1.29, 1.82) is 0 Å². The van der Waals surface area contributed by atoms with Crippen LogP contribution in [0.25, 0.3) is 0 Å². The van der Waals surface area contributed by atoms with E-state index in [0.717, 1.165) is 18.9 Å². The lowest BCUT2D eigenvalue weighted by Crippen LogP contribution is -2.23. The molecule has 0 aliphatic carbocycles. The predicted molar refractivity (Wildman–Crippen MR) is 67.9 cm³/mol. The molecule has 1 aliphatic heterocycles. The minimum absolute atomic E-state index is 0.491. The van der Waals surface area contributed by atoms with Crippen LogP contribution >= 0.6 is 0 Å². The Labute approximate surface area is 107 Å². The second-order valence-electron chi connectivity index (χ2n) is 4.77. The molecule has 1 saturated heterocycles. The lowest BCUT2D eigenvalue weighted by molar-refractivity contribution is 0.238. The molecule has 0 amide bonds. The molecule has 4 nitrogen and oxygen atoms in total. The molecule has 1 unspecified atom stereocenters. The van der Waals surface area contributed by atoms with Crippen molar-refractivity contribution >= 4 is 0 Å². The summed E-state index contributed by atoms with van der Waals surface area (Å²) in [4.78, 5) is 6.71. The van der Waals surface area contributed by atoms with Gasteiger partial charge in [0, 0.05) is 13.0 Å². The number of hydrogen-bond acceptors (Lipinski definition) is 4. The van der Waals surface area contributed by atoms with Gasteiger partial charge in [-0.1, -0.05) is 35.5 Å². The average molecular weight is 243 g/mol. The van der Waals surface area contributed by atoms with E-state index in [1.807, 2.05) is 6.92 Å². The third-order valence-electron chi connectivity index (χ3n) is 3.46. The lowest BCUT2D eigenvalue weighted by Gasteiger charge is -2.23.